The highest BCUT2D eigenvalue weighted by Gasteiger charge is 2.28. The van der Waals surface area contributed by atoms with Crippen molar-refractivity contribution in [1.82, 2.24) is 0 Å². The molecule has 0 heterocycles. The summed E-state index contributed by atoms with van der Waals surface area (Å²) in [5.41, 5.74) is 5.49. The Balaban J connectivity index is 1.25. The first-order valence-electron chi connectivity index (χ1n) is 14.5. The summed E-state index contributed by atoms with van der Waals surface area (Å²) < 4.78 is 0. The van der Waals surface area contributed by atoms with Gasteiger partial charge in [-0.05, 0) is 109 Å². The van der Waals surface area contributed by atoms with Crippen molar-refractivity contribution in [3.05, 3.63) is 163 Å². The standard InChI is InChI=1S/C40H31O2S2/c1-28(41)37-12-6-8-14-39(37)30-16-20-32(21-17-30)43-33-22-26-36(27-23-33)44(34-10-4-3-5-11-34)35-24-18-31(19-25-35)40-15-9-7-13-38(40)29(2)42/h3-27H,1-2H3/q+1. The van der Waals surface area contributed by atoms with E-state index in [9.17, 15) is 9.59 Å². The second-order valence-corrected chi connectivity index (χ2v) is 13.6. The van der Waals surface area contributed by atoms with Gasteiger partial charge < -0.3 is 0 Å². The molecule has 214 valence electrons. The van der Waals surface area contributed by atoms with Crippen LogP contribution in [0.5, 0.6) is 0 Å². The van der Waals surface area contributed by atoms with Crippen molar-refractivity contribution in [3.63, 3.8) is 0 Å². The second kappa shape index (κ2) is 13.3. The number of ketones is 2. The van der Waals surface area contributed by atoms with Crippen LogP contribution in [0.4, 0.5) is 0 Å². The van der Waals surface area contributed by atoms with Crippen molar-refractivity contribution in [1.29, 1.82) is 0 Å². The van der Waals surface area contributed by atoms with Crippen LogP contribution in [0.2, 0.25) is 0 Å². The molecule has 1 atom stereocenters. The molecule has 0 bridgehead atoms. The van der Waals surface area contributed by atoms with Gasteiger partial charge in [0.15, 0.2) is 26.3 Å². The predicted octanol–water partition coefficient (Wildman–Crippen LogP) is 10.7. The molecule has 0 fully saturated rings. The lowest BCUT2D eigenvalue weighted by molar-refractivity contribution is 0.101. The van der Waals surface area contributed by atoms with E-state index in [4.69, 9.17) is 0 Å². The van der Waals surface area contributed by atoms with E-state index in [1.807, 2.05) is 48.5 Å². The quantitative estimate of drug-likeness (QED) is 0.121. The van der Waals surface area contributed by atoms with Crippen molar-refractivity contribution >= 4 is 34.2 Å². The van der Waals surface area contributed by atoms with Gasteiger partial charge in [0.25, 0.3) is 0 Å². The zero-order valence-electron chi connectivity index (χ0n) is 24.6. The normalized spacial score (nSPS) is 11.6. The minimum Gasteiger partial charge on any atom is -0.294 e. The number of rotatable bonds is 9. The van der Waals surface area contributed by atoms with Gasteiger partial charge in [-0.15, -0.1) is 0 Å². The minimum absolute atomic E-state index is 0.0703. The van der Waals surface area contributed by atoms with Gasteiger partial charge in [-0.3, -0.25) is 9.59 Å². The summed E-state index contributed by atoms with van der Waals surface area (Å²) in [6.07, 6.45) is 0. The van der Waals surface area contributed by atoms with Gasteiger partial charge in [-0.25, -0.2) is 0 Å². The van der Waals surface area contributed by atoms with Crippen molar-refractivity contribution < 1.29 is 9.59 Å². The Morgan fingerprint density at radius 1 is 0.432 bits per heavy atom. The fourth-order valence-electron chi connectivity index (χ4n) is 5.30. The molecule has 0 aliphatic rings. The molecule has 0 spiro atoms. The lowest BCUT2D eigenvalue weighted by Gasteiger charge is -2.11. The molecule has 6 aromatic carbocycles. The summed E-state index contributed by atoms with van der Waals surface area (Å²) in [5, 5.41) is 0. The molecule has 0 amide bonds. The van der Waals surface area contributed by atoms with Crippen molar-refractivity contribution in [2.75, 3.05) is 0 Å². The van der Waals surface area contributed by atoms with Gasteiger partial charge in [0.1, 0.15) is 0 Å². The van der Waals surface area contributed by atoms with Crippen molar-refractivity contribution in [3.8, 4) is 22.3 Å². The molecule has 6 rings (SSSR count). The number of hydrogen-bond acceptors (Lipinski definition) is 3. The highest BCUT2D eigenvalue weighted by atomic mass is 32.2. The van der Waals surface area contributed by atoms with Crippen LogP contribution >= 0.6 is 11.8 Å². The lowest BCUT2D eigenvalue weighted by Crippen LogP contribution is -2.04. The zero-order valence-corrected chi connectivity index (χ0v) is 26.2. The van der Waals surface area contributed by atoms with E-state index < -0.39 is 0 Å². The molecule has 2 nitrogen and oxygen atoms in total. The maximum atomic E-state index is 12.2. The van der Waals surface area contributed by atoms with Gasteiger partial charge in [0.2, 0.25) is 0 Å². The molecule has 0 saturated carbocycles. The topological polar surface area (TPSA) is 34.1 Å². The van der Waals surface area contributed by atoms with Crippen LogP contribution in [0.1, 0.15) is 34.6 Å². The molecule has 0 saturated heterocycles. The number of Topliss-reactive ketones (excluding diaryl/α,β-unsaturated/α-hetero) is 2. The first-order chi connectivity index (χ1) is 21.5. The van der Waals surface area contributed by atoms with Gasteiger partial charge in [0, 0.05) is 20.9 Å². The van der Waals surface area contributed by atoms with E-state index in [1.54, 1.807) is 25.6 Å². The van der Waals surface area contributed by atoms with E-state index in [-0.39, 0.29) is 22.5 Å². The van der Waals surface area contributed by atoms with Crippen LogP contribution in [0.25, 0.3) is 22.3 Å². The molecule has 0 radical (unpaired) electrons. The maximum Gasteiger partial charge on any atom is 0.166 e. The fourth-order valence-corrected chi connectivity index (χ4v) is 8.18. The smallest absolute Gasteiger partial charge is 0.166 e. The summed E-state index contributed by atoms with van der Waals surface area (Å²) in [6, 6.07) is 52.1. The third-order valence-corrected chi connectivity index (χ3v) is 10.7. The van der Waals surface area contributed by atoms with Crippen LogP contribution in [0.3, 0.4) is 0 Å². The SMILES string of the molecule is CC(=O)c1ccccc1-c1ccc(Sc2ccc([S+](c3ccccc3)c3ccc(-c4ccccc4C(C)=O)cc3)cc2)cc1. The lowest BCUT2D eigenvalue weighted by atomic mass is 9.98. The Hall–Kier alpha value is -4.64. The van der Waals surface area contributed by atoms with E-state index >= 15 is 0 Å². The number of carbonyl (C=O) groups excluding carboxylic acids is 2. The second-order valence-electron chi connectivity index (χ2n) is 10.4. The molecule has 4 heteroatoms. The first-order valence-corrected chi connectivity index (χ1v) is 16.5. The molecular weight excluding hydrogens is 577 g/mol. The minimum atomic E-state index is -0.282. The summed E-state index contributed by atoms with van der Waals surface area (Å²) in [5.74, 6) is 0.142. The van der Waals surface area contributed by atoms with E-state index in [1.165, 1.54) is 19.6 Å². The maximum absolute atomic E-state index is 12.2. The summed E-state index contributed by atoms with van der Waals surface area (Å²) in [7, 11) is -0.282. The van der Waals surface area contributed by atoms with Crippen molar-refractivity contribution in [2.24, 2.45) is 0 Å². The molecule has 0 N–H and O–H groups in total. The summed E-state index contributed by atoms with van der Waals surface area (Å²) in [4.78, 5) is 30.4. The van der Waals surface area contributed by atoms with Gasteiger partial charge in [-0.1, -0.05) is 90.6 Å². The zero-order chi connectivity index (χ0) is 30.5. The Kier molecular flexibility index (Phi) is 8.92. The van der Waals surface area contributed by atoms with Crippen LogP contribution < -0.4 is 0 Å². The molecule has 1 unspecified atom stereocenters. The van der Waals surface area contributed by atoms with Gasteiger partial charge in [-0.2, -0.15) is 0 Å². The largest absolute Gasteiger partial charge is 0.294 e. The molecule has 6 aromatic rings. The van der Waals surface area contributed by atoms with E-state index in [0.29, 0.717) is 0 Å². The monoisotopic (exact) mass is 607 g/mol. The Morgan fingerprint density at radius 2 is 0.795 bits per heavy atom. The van der Waals surface area contributed by atoms with Crippen LogP contribution in [-0.4, -0.2) is 11.6 Å². The molecule has 0 aliphatic carbocycles. The average Bonchev–Trinajstić information content (AvgIpc) is 3.07. The number of benzene rings is 6. The van der Waals surface area contributed by atoms with Gasteiger partial charge >= 0.3 is 0 Å². The summed E-state index contributed by atoms with van der Waals surface area (Å²) in [6.45, 7) is 3.23. The Bertz CT molecular complexity index is 1910. The third-order valence-electron chi connectivity index (χ3n) is 7.45. The van der Waals surface area contributed by atoms with E-state index in [0.717, 1.165) is 38.3 Å². The molecular formula is C40H31O2S2+. The van der Waals surface area contributed by atoms with Crippen LogP contribution in [0, 0.1) is 0 Å². The predicted molar refractivity (Wildman–Crippen MR) is 183 cm³/mol. The first kappa shape index (κ1) is 29.4. The number of carbonyl (C=O) groups is 2. The van der Waals surface area contributed by atoms with Gasteiger partial charge in [0.05, 0.1) is 10.9 Å². The van der Waals surface area contributed by atoms with Crippen LogP contribution in [0.15, 0.2) is 176 Å². The third kappa shape index (κ3) is 6.47. The van der Waals surface area contributed by atoms with Crippen molar-refractivity contribution in [2.45, 2.75) is 38.3 Å². The van der Waals surface area contributed by atoms with Crippen LogP contribution in [-0.2, 0) is 10.9 Å². The molecule has 0 aliphatic heterocycles. The molecule has 44 heavy (non-hydrogen) atoms. The summed E-state index contributed by atoms with van der Waals surface area (Å²) >= 11 is 1.73. The van der Waals surface area contributed by atoms with E-state index in [2.05, 4.69) is 103 Å². The number of hydrogen-bond donors (Lipinski definition) is 0. The molecule has 0 aromatic heterocycles. The Morgan fingerprint density at radius 3 is 1.27 bits per heavy atom. The fraction of sp³-hybridized carbons (Fsp3) is 0.0500. The Labute approximate surface area is 266 Å². The average molecular weight is 608 g/mol. The highest BCUT2D eigenvalue weighted by Crippen LogP contribution is 2.36. The highest BCUT2D eigenvalue weighted by molar-refractivity contribution is 7.99.